The molecular weight excluding hydrogens is 116 g/mol. The predicted octanol–water partition coefficient (Wildman–Crippen LogP) is 2.91. The maximum Gasteiger partial charge on any atom is 0.0235 e. The minimum Gasteiger partial charge on any atom is -0.0870 e. The second-order valence-electron chi connectivity index (χ2n) is 3.01. The highest BCUT2D eigenvalue weighted by molar-refractivity contribution is 7.81. The van der Waals surface area contributed by atoms with Crippen LogP contribution in [0.3, 0.4) is 0 Å². The zero-order chi connectivity index (χ0) is 6.04. The third-order valence-corrected chi connectivity index (χ3v) is 2.32. The topological polar surface area (TPSA) is 0 Å². The molecule has 1 fully saturated rings. The minimum absolute atomic E-state index is 0.262. The molecule has 0 aromatic heterocycles. The minimum atomic E-state index is 0.262. The Morgan fingerprint density at radius 2 is 1.62 bits per heavy atom. The summed E-state index contributed by atoms with van der Waals surface area (Å²) in [6, 6.07) is 0. The van der Waals surface area contributed by atoms with Crippen molar-refractivity contribution in [3.63, 3.8) is 0 Å². The Bertz CT molecular complexity index is 68.5. The van der Waals surface area contributed by atoms with Crippen LogP contribution < -0.4 is 0 Å². The molecule has 0 amide bonds. The van der Waals surface area contributed by atoms with Crippen molar-refractivity contribution in [3.05, 3.63) is 0 Å². The van der Waals surface area contributed by atoms with Crippen LogP contribution in [0.4, 0.5) is 0 Å². The van der Waals surface area contributed by atoms with Gasteiger partial charge < -0.3 is 0 Å². The van der Waals surface area contributed by atoms with Crippen molar-refractivity contribution in [1.82, 2.24) is 0 Å². The number of hydrogen-bond donors (Lipinski definition) is 0. The molecule has 1 rings (SSSR count). The lowest BCUT2D eigenvalue weighted by atomic mass is 9.90. The Hall–Kier alpha value is 0.350. The summed E-state index contributed by atoms with van der Waals surface area (Å²) >= 11 is 5.30. The van der Waals surface area contributed by atoms with E-state index in [0.29, 0.717) is 0 Å². The van der Waals surface area contributed by atoms with Gasteiger partial charge in [-0.2, -0.15) is 0 Å². The summed E-state index contributed by atoms with van der Waals surface area (Å²) in [6.07, 6.45) is 6.66. The molecule has 0 saturated heterocycles. The normalized spacial score (nSPS) is 27.8. The summed E-state index contributed by atoms with van der Waals surface area (Å²) in [5.41, 5.74) is 0. The van der Waals surface area contributed by atoms with E-state index < -0.39 is 0 Å². The van der Waals surface area contributed by atoms with Crippen molar-refractivity contribution in [3.8, 4) is 0 Å². The van der Waals surface area contributed by atoms with Crippen LogP contribution in [0.15, 0.2) is 0 Å². The Kier molecular flexibility index (Phi) is 1.86. The lowest BCUT2D eigenvalue weighted by Crippen LogP contribution is -2.19. The van der Waals surface area contributed by atoms with E-state index in [4.69, 9.17) is 12.6 Å². The zero-order valence-electron chi connectivity index (χ0n) is 5.44. The molecule has 0 aliphatic heterocycles. The van der Waals surface area contributed by atoms with Gasteiger partial charge in [-0.1, -0.05) is 31.9 Å². The Labute approximate surface area is 57.1 Å². The van der Waals surface area contributed by atoms with Gasteiger partial charge in [-0.25, -0.2) is 0 Å². The van der Waals surface area contributed by atoms with E-state index >= 15 is 0 Å². The van der Waals surface area contributed by atoms with Crippen LogP contribution in [0.1, 0.15) is 39.0 Å². The molecule has 1 heteroatoms. The van der Waals surface area contributed by atoms with E-state index in [1.807, 2.05) is 0 Å². The van der Waals surface area contributed by atoms with Crippen LogP contribution in [-0.4, -0.2) is 4.75 Å². The second-order valence-corrected chi connectivity index (χ2v) is 4.00. The third-order valence-electron chi connectivity index (χ3n) is 1.91. The lowest BCUT2D eigenvalue weighted by Gasteiger charge is -2.26. The van der Waals surface area contributed by atoms with Crippen molar-refractivity contribution in [2.45, 2.75) is 43.8 Å². The Morgan fingerprint density at radius 3 is 1.88 bits per heavy atom. The highest BCUT2D eigenvalue weighted by atomic mass is 32.1. The molecule has 0 N–H and O–H groups in total. The van der Waals surface area contributed by atoms with Crippen molar-refractivity contribution >= 4 is 12.6 Å². The molecule has 8 heavy (non-hydrogen) atoms. The molecule has 0 heterocycles. The summed E-state index contributed by atoms with van der Waals surface area (Å²) in [6.45, 7) is 2.20. The molecule has 0 unspecified atom stereocenters. The van der Waals surface area contributed by atoms with Crippen molar-refractivity contribution in [2.75, 3.05) is 0 Å². The van der Waals surface area contributed by atoms with Gasteiger partial charge in [0.15, 0.2) is 0 Å². The zero-order valence-corrected chi connectivity index (χ0v) is 6.26. The molecule has 0 nitrogen and oxygen atoms in total. The summed E-state index contributed by atoms with van der Waals surface area (Å²) in [5.74, 6) is 0. The van der Waals surface area contributed by atoms with E-state index in [9.17, 15) is 0 Å². The van der Waals surface area contributed by atoms with Crippen LogP contribution in [-0.2, 0) is 0 Å². The standard InChI is InChI=1S/C7H13S/c1-7(8)5-3-2-4-6-7/h2-6H2,1H3. The molecule has 47 valence electrons. The molecule has 1 aliphatic carbocycles. The summed E-state index contributed by atoms with van der Waals surface area (Å²) in [5, 5.41) is 0. The molecule has 0 atom stereocenters. The molecule has 0 spiro atoms. The SMILES string of the molecule is CC1([S])CCCCC1. The molecular formula is C7H13S. The van der Waals surface area contributed by atoms with E-state index in [0.717, 1.165) is 0 Å². The van der Waals surface area contributed by atoms with Crippen molar-refractivity contribution in [1.29, 1.82) is 0 Å². The fraction of sp³-hybridized carbons (Fsp3) is 1.00. The van der Waals surface area contributed by atoms with Gasteiger partial charge in [-0.15, -0.1) is 0 Å². The second kappa shape index (κ2) is 2.30. The fourth-order valence-corrected chi connectivity index (χ4v) is 1.59. The first-order valence-electron chi connectivity index (χ1n) is 3.41. The van der Waals surface area contributed by atoms with Crippen LogP contribution >= 0.6 is 12.6 Å². The van der Waals surface area contributed by atoms with Crippen LogP contribution in [0.25, 0.3) is 0 Å². The molecule has 1 radical (unpaired) electrons. The maximum atomic E-state index is 5.30. The smallest absolute Gasteiger partial charge is 0.0235 e. The first-order chi connectivity index (χ1) is 3.71. The van der Waals surface area contributed by atoms with Gasteiger partial charge in [0.25, 0.3) is 0 Å². The average Bonchev–Trinajstić information content (AvgIpc) is 1.65. The van der Waals surface area contributed by atoms with E-state index in [-0.39, 0.29) is 4.75 Å². The molecule has 0 aromatic carbocycles. The molecule has 0 aromatic rings. The van der Waals surface area contributed by atoms with Crippen molar-refractivity contribution < 1.29 is 0 Å². The number of rotatable bonds is 0. The van der Waals surface area contributed by atoms with E-state index in [1.165, 1.54) is 32.1 Å². The first kappa shape index (κ1) is 6.47. The first-order valence-corrected chi connectivity index (χ1v) is 3.82. The summed E-state index contributed by atoms with van der Waals surface area (Å²) in [7, 11) is 0. The van der Waals surface area contributed by atoms with Crippen LogP contribution in [0, 0.1) is 0 Å². The third kappa shape index (κ3) is 1.70. The Balaban J connectivity index is 2.33. The lowest BCUT2D eigenvalue weighted by molar-refractivity contribution is 0.425. The van der Waals surface area contributed by atoms with Gasteiger partial charge in [-0.05, 0) is 19.8 Å². The van der Waals surface area contributed by atoms with Gasteiger partial charge >= 0.3 is 0 Å². The highest BCUT2D eigenvalue weighted by Crippen LogP contribution is 2.32. The molecule has 1 aliphatic rings. The van der Waals surface area contributed by atoms with Crippen LogP contribution in [0.5, 0.6) is 0 Å². The van der Waals surface area contributed by atoms with Crippen molar-refractivity contribution in [2.24, 2.45) is 0 Å². The number of hydrogen-bond acceptors (Lipinski definition) is 0. The molecule has 1 saturated carbocycles. The summed E-state index contributed by atoms with van der Waals surface area (Å²) in [4.78, 5) is 0. The highest BCUT2D eigenvalue weighted by Gasteiger charge is 2.22. The van der Waals surface area contributed by atoms with Gasteiger partial charge in [0.1, 0.15) is 0 Å². The van der Waals surface area contributed by atoms with Crippen LogP contribution in [0.2, 0.25) is 0 Å². The van der Waals surface area contributed by atoms with Gasteiger partial charge in [0, 0.05) is 4.75 Å². The largest absolute Gasteiger partial charge is 0.0870 e. The maximum absolute atomic E-state index is 5.30. The van der Waals surface area contributed by atoms with Gasteiger partial charge in [0.2, 0.25) is 0 Å². The monoisotopic (exact) mass is 129 g/mol. The van der Waals surface area contributed by atoms with E-state index in [2.05, 4.69) is 6.92 Å². The summed E-state index contributed by atoms with van der Waals surface area (Å²) < 4.78 is 0.262. The average molecular weight is 129 g/mol. The fourth-order valence-electron chi connectivity index (χ4n) is 1.30. The van der Waals surface area contributed by atoms with Gasteiger partial charge in [0.05, 0.1) is 0 Å². The quantitative estimate of drug-likeness (QED) is 0.472. The Morgan fingerprint density at radius 1 is 1.12 bits per heavy atom. The van der Waals surface area contributed by atoms with Gasteiger partial charge in [-0.3, -0.25) is 0 Å². The molecule has 0 bridgehead atoms. The van der Waals surface area contributed by atoms with E-state index in [1.54, 1.807) is 0 Å². The predicted molar refractivity (Wildman–Crippen MR) is 39.1 cm³/mol.